The molecule has 0 aliphatic carbocycles. The van der Waals surface area contributed by atoms with E-state index in [0.29, 0.717) is 17.1 Å². The topological polar surface area (TPSA) is 91.7 Å². The van der Waals surface area contributed by atoms with E-state index in [1.54, 1.807) is 54.8 Å². The summed E-state index contributed by atoms with van der Waals surface area (Å²) in [7, 11) is -2.21. The second-order valence-electron chi connectivity index (χ2n) is 6.49. The summed E-state index contributed by atoms with van der Waals surface area (Å²) < 4.78 is 32.3. The van der Waals surface area contributed by atoms with Crippen molar-refractivity contribution in [2.45, 2.75) is 17.9 Å². The molecule has 1 unspecified atom stereocenters. The standard InChI is InChI=1S/C21H23N3O4S/c1-16(20-12-7-13-28-20)23-21(25)15-22-17-8-6-11-19(14-17)29(26,27)24(2)18-9-4-3-5-10-18/h3-14,16,22H,15H2,1-2H3,(H,23,25). The van der Waals surface area contributed by atoms with E-state index < -0.39 is 10.0 Å². The summed E-state index contributed by atoms with van der Waals surface area (Å²) in [6.07, 6.45) is 1.55. The predicted octanol–water partition coefficient (Wildman–Crippen LogP) is 3.39. The van der Waals surface area contributed by atoms with Crippen LogP contribution in [0.4, 0.5) is 11.4 Å². The van der Waals surface area contributed by atoms with Gasteiger partial charge in [-0.25, -0.2) is 8.42 Å². The third kappa shape index (κ3) is 4.97. The van der Waals surface area contributed by atoms with E-state index in [4.69, 9.17) is 4.42 Å². The molecule has 1 aromatic heterocycles. The van der Waals surface area contributed by atoms with Gasteiger partial charge in [0.25, 0.3) is 10.0 Å². The fourth-order valence-electron chi connectivity index (χ4n) is 2.78. The first-order chi connectivity index (χ1) is 13.9. The Balaban J connectivity index is 1.65. The molecule has 3 rings (SSSR count). The van der Waals surface area contributed by atoms with Crippen LogP contribution >= 0.6 is 0 Å². The maximum atomic E-state index is 12.9. The first-order valence-electron chi connectivity index (χ1n) is 9.08. The minimum Gasteiger partial charge on any atom is -0.467 e. The highest BCUT2D eigenvalue weighted by atomic mass is 32.2. The Kier molecular flexibility index (Phi) is 6.23. The molecule has 0 fully saturated rings. The van der Waals surface area contributed by atoms with Crippen molar-refractivity contribution >= 4 is 27.3 Å². The van der Waals surface area contributed by atoms with Crippen LogP contribution < -0.4 is 14.9 Å². The number of benzene rings is 2. The normalized spacial score (nSPS) is 12.2. The van der Waals surface area contributed by atoms with Gasteiger partial charge in [-0.2, -0.15) is 0 Å². The Hall–Kier alpha value is -3.26. The van der Waals surface area contributed by atoms with Gasteiger partial charge in [-0.3, -0.25) is 9.10 Å². The molecule has 0 bridgehead atoms. The fraction of sp³-hybridized carbons (Fsp3) is 0.190. The largest absolute Gasteiger partial charge is 0.467 e. The molecule has 0 spiro atoms. The number of hydrogen-bond donors (Lipinski definition) is 2. The lowest BCUT2D eigenvalue weighted by Crippen LogP contribution is -2.32. The summed E-state index contributed by atoms with van der Waals surface area (Å²) in [4.78, 5) is 12.3. The van der Waals surface area contributed by atoms with E-state index in [9.17, 15) is 13.2 Å². The summed E-state index contributed by atoms with van der Waals surface area (Å²) in [6.45, 7) is 1.83. The molecule has 2 N–H and O–H groups in total. The highest BCUT2D eigenvalue weighted by molar-refractivity contribution is 7.92. The molecule has 0 aliphatic rings. The van der Waals surface area contributed by atoms with Gasteiger partial charge in [0.15, 0.2) is 0 Å². The van der Waals surface area contributed by atoms with E-state index in [1.165, 1.54) is 23.5 Å². The molecule has 0 radical (unpaired) electrons. The number of nitrogens with zero attached hydrogens (tertiary/aromatic N) is 1. The van der Waals surface area contributed by atoms with Crippen LogP contribution in [-0.2, 0) is 14.8 Å². The number of hydrogen-bond acceptors (Lipinski definition) is 5. The van der Waals surface area contributed by atoms with Gasteiger partial charge in [0.2, 0.25) is 5.91 Å². The molecule has 152 valence electrons. The van der Waals surface area contributed by atoms with Crippen molar-refractivity contribution in [1.82, 2.24) is 5.32 Å². The molecule has 0 aliphatic heterocycles. The first kappa shape index (κ1) is 20.5. The maximum Gasteiger partial charge on any atom is 0.264 e. The van der Waals surface area contributed by atoms with Crippen molar-refractivity contribution in [2.24, 2.45) is 0 Å². The summed E-state index contributed by atoms with van der Waals surface area (Å²) in [5.41, 5.74) is 1.10. The molecule has 8 heteroatoms. The Bertz CT molecular complexity index is 1050. The van der Waals surface area contributed by atoms with Gasteiger partial charge in [-0.1, -0.05) is 24.3 Å². The van der Waals surface area contributed by atoms with Gasteiger partial charge in [0, 0.05) is 12.7 Å². The van der Waals surface area contributed by atoms with Gasteiger partial charge >= 0.3 is 0 Å². The van der Waals surface area contributed by atoms with E-state index in [0.717, 1.165) is 0 Å². The zero-order valence-corrected chi connectivity index (χ0v) is 17.0. The third-order valence-electron chi connectivity index (χ3n) is 4.41. The predicted molar refractivity (Wildman–Crippen MR) is 112 cm³/mol. The van der Waals surface area contributed by atoms with Crippen molar-refractivity contribution < 1.29 is 17.6 Å². The molecule has 0 saturated carbocycles. The van der Waals surface area contributed by atoms with E-state index in [1.807, 2.05) is 13.0 Å². The van der Waals surface area contributed by atoms with Gasteiger partial charge in [0.05, 0.1) is 29.4 Å². The van der Waals surface area contributed by atoms with E-state index >= 15 is 0 Å². The third-order valence-corrected chi connectivity index (χ3v) is 6.19. The summed E-state index contributed by atoms with van der Waals surface area (Å²) in [5.74, 6) is 0.430. The van der Waals surface area contributed by atoms with Crippen molar-refractivity contribution in [2.75, 3.05) is 23.2 Å². The van der Waals surface area contributed by atoms with Crippen molar-refractivity contribution in [3.05, 3.63) is 78.8 Å². The summed E-state index contributed by atoms with van der Waals surface area (Å²) in [6, 6.07) is 18.5. The Labute approximate surface area is 170 Å². The van der Waals surface area contributed by atoms with Crippen LogP contribution in [0.1, 0.15) is 18.7 Å². The second kappa shape index (κ2) is 8.83. The molecule has 3 aromatic rings. The number of sulfonamides is 1. The van der Waals surface area contributed by atoms with Crippen LogP contribution in [0.5, 0.6) is 0 Å². The lowest BCUT2D eigenvalue weighted by molar-refractivity contribution is -0.120. The zero-order chi connectivity index (χ0) is 20.9. The van der Waals surface area contributed by atoms with Gasteiger partial charge in [-0.15, -0.1) is 0 Å². The number of para-hydroxylation sites is 1. The number of nitrogens with one attached hydrogen (secondary N) is 2. The smallest absolute Gasteiger partial charge is 0.264 e. The average Bonchev–Trinajstić information content (AvgIpc) is 3.27. The van der Waals surface area contributed by atoms with Crippen molar-refractivity contribution in [1.29, 1.82) is 0 Å². The van der Waals surface area contributed by atoms with Crippen LogP contribution in [-0.4, -0.2) is 27.9 Å². The highest BCUT2D eigenvalue weighted by Crippen LogP contribution is 2.23. The van der Waals surface area contributed by atoms with Gasteiger partial charge < -0.3 is 15.1 Å². The lowest BCUT2D eigenvalue weighted by Gasteiger charge is -2.20. The maximum absolute atomic E-state index is 12.9. The first-order valence-corrected chi connectivity index (χ1v) is 10.5. The number of furan rings is 1. The molecule has 7 nitrogen and oxygen atoms in total. The molecule has 0 saturated heterocycles. The number of anilines is 2. The molecule has 2 aromatic carbocycles. The lowest BCUT2D eigenvalue weighted by atomic mass is 10.2. The second-order valence-corrected chi connectivity index (χ2v) is 8.46. The number of carbonyl (C=O) groups excluding carboxylic acids is 1. The molecular formula is C21H23N3O4S. The van der Waals surface area contributed by atoms with Crippen LogP contribution in [0.15, 0.2) is 82.3 Å². The van der Waals surface area contributed by atoms with Crippen LogP contribution in [0.3, 0.4) is 0 Å². The van der Waals surface area contributed by atoms with Crippen LogP contribution in [0, 0.1) is 0 Å². The molecule has 29 heavy (non-hydrogen) atoms. The monoisotopic (exact) mass is 413 g/mol. The molecule has 1 heterocycles. The fourth-order valence-corrected chi connectivity index (χ4v) is 4.03. The van der Waals surface area contributed by atoms with Crippen LogP contribution in [0.2, 0.25) is 0 Å². The van der Waals surface area contributed by atoms with Crippen molar-refractivity contribution in [3.8, 4) is 0 Å². The minimum atomic E-state index is -3.72. The summed E-state index contributed by atoms with van der Waals surface area (Å²) >= 11 is 0. The van der Waals surface area contributed by atoms with Crippen molar-refractivity contribution in [3.63, 3.8) is 0 Å². The van der Waals surface area contributed by atoms with Gasteiger partial charge in [-0.05, 0) is 49.4 Å². The van der Waals surface area contributed by atoms with E-state index in [2.05, 4.69) is 10.6 Å². The minimum absolute atomic E-state index is 0.00305. The average molecular weight is 413 g/mol. The van der Waals surface area contributed by atoms with E-state index in [-0.39, 0.29) is 23.4 Å². The molecule has 1 atom stereocenters. The molecule has 1 amide bonds. The zero-order valence-electron chi connectivity index (χ0n) is 16.2. The van der Waals surface area contributed by atoms with Gasteiger partial charge in [0.1, 0.15) is 5.76 Å². The van der Waals surface area contributed by atoms with Crippen LogP contribution in [0.25, 0.3) is 0 Å². The Morgan fingerprint density at radius 2 is 1.83 bits per heavy atom. The number of amides is 1. The Morgan fingerprint density at radius 3 is 2.52 bits per heavy atom. The number of rotatable bonds is 8. The SMILES string of the molecule is CC(NC(=O)CNc1cccc(S(=O)(=O)N(C)c2ccccc2)c1)c1ccco1. The molecular weight excluding hydrogens is 390 g/mol. The summed E-state index contributed by atoms with van der Waals surface area (Å²) in [5, 5.41) is 5.78. The highest BCUT2D eigenvalue weighted by Gasteiger charge is 2.21. The quantitative estimate of drug-likeness (QED) is 0.591. The number of carbonyl (C=O) groups is 1. The Morgan fingerprint density at radius 1 is 1.07 bits per heavy atom.